The van der Waals surface area contributed by atoms with Crippen LogP contribution in [0.2, 0.25) is 0 Å². The molecule has 2 amide bonds. The van der Waals surface area contributed by atoms with Gasteiger partial charge in [0.1, 0.15) is 0 Å². The van der Waals surface area contributed by atoms with Gasteiger partial charge in [0.25, 0.3) is 11.8 Å². The smallest absolute Gasteiger partial charge is 0.255 e. The van der Waals surface area contributed by atoms with Crippen molar-refractivity contribution >= 4 is 11.8 Å². The summed E-state index contributed by atoms with van der Waals surface area (Å²) >= 11 is 0. The van der Waals surface area contributed by atoms with Crippen LogP contribution in [-0.2, 0) is 0 Å². The molecule has 0 saturated carbocycles. The van der Waals surface area contributed by atoms with Gasteiger partial charge in [-0.3, -0.25) is 9.59 Å². The van der Waals surface area contributed by atoms with Gasteiger partial charge in [0.2, 0.25) is 0 Å². The van der Waals surface area contributed by atoms with Crippen LogP contribution < -0.4 is 10.6 Å². The summed E-state index contributed by atoms with van der Waals surface area (Å²) in [5.74, 6) is -1.55. The Labute approximate surface area is 140 Å². The first-order chi connectivity index (χ1) is 11.4. The summed E-state index contributed by atoms with van der Waals surface area (Å²) in [7, 11) is 0. The molecule has 0 spiro atoms. The van der Waals surface area contributed by atoms with E-state index in [1.165, 1.54) is 18.2 Å². The molecule has 0 aliphatic heterocycles. The monoisotopic (exact) mass is 328 g/mol. The first-order valence-corrected chi connectivity index (χ1v) is 7.55. The zero-order valence-corrected chi connectivity index (χ0v) is 13.6. The van der Waals surface area contributed by atoms with Gasteiger partial charge in [-0.25, -0.2) is 0 Å². The number of benzene rings is 2. The minimum absolute atomic E-state index is 0.0177. The van der Waals surface area contributed by atoms with E-state index in [0.717, 1.165) is 11.1 Å². The summed E-state index contributed by atoms with van der Waals surface area (Å²) in [5, 5.41) is 24.3. The van der Waals surface area contributed by atoms with Crippen molar-refractivity contribution in [3.63, 3.8) is 0 Å². The predicted octanol–water partition coefficient (Wildman–Crippen LogP) is 1.87. The van der Waals surface area contributed by atoms with Gasteiger partial charge in [-0.1, -0.05) is 18.2 Å². The van der Waals surface area contributed by atoms with Crippen LogP contribution >= 0.6 is 0 Å². The van der Waals surface area contributed by atoms with E-state index in [2.05, 4.69) is 10.6 Å². The Morgan fingerprint density at radius 2 is 1.42 bits per heavy atom. The van der Waals surface area contributed by atoms with Gasteiger partial charge in [-0.2, -0.15) is 0 Å². The van der Waals surface area contributed by atoms with Gasteiger partial charge in [-0.05, 0) is 43.2 Å². The van der Waals surface area contributed by atoms with Crippen molar-refractivity contribution in [2.45, 2.75) is 13.8 Å². The maximum atomic E-state index is 12.1. The molecule has 0 radical (unpaired) electrons. The maximum absolute atomic E-state index is 12.1. The quantitative estimate of drug-likeness (QED) is 0.497. The number of rotatable bonds is 5. The average molecular weight is 328 g/mol. The Hall–Kier alpha value is -3.02. The van der Waals surface area contributed by atoms with Crippen molar-refractivity contribution in [1.82, 2.24) is 10.6 Å². The van der Waals surface area contributed by atoms with Crippen molar-refractivity contribution in [2.24, 2.45) is 0 Å². The fourth-order valence-electron chi connectivity index (χ4n) is 2.25. The highest BCUT2D eigenvalue weighted by atomic mass is 16.3. The highest BCUT2D eigenvalue weighted by molar-refractivity contribution is 5.98. The lowest BCUT2D eigenvalue weighted by atomic mass is 10.0. The highest BCUT2D eigenvalue weighted by Crippen LogP contribution is 2.27. The third-order valence-electron chi connectivity index (χ3n) is 3.80. The highest BCUT2D eigenvalue weighted by Gasteiger charge is 2.14. The second-order valence-electron chi connectivity index (χ2n) is 5.43. The van der Waals surface area contributed by atoms with Gasteiger partial charge >= 0.3 is 0 Å². The molecule has 2 aromatic rings. The van der Waals surface area contributed by atoms with Crippen molar-refractivity contribution in [2.75, 3.05) is 13.1 Å². The zero-order chi connectivity index (χ0) is 17.7. The summed E-state index contributed by atoms with van der Waals surface area (Å²) < 4.78 is 0. The van der Waals surface area contributed by atoms with Crippen LogP contribution in [-0.4, -0.2) is 35.1 Å². The van der Waals surface area contributed by atoms with E-state index in [-0.39, 0.29) is 30.3 Å². The summed E-state index contributed by atoms with van der Waals surface area (Å²) in [6, 6.07) is 9.67. The van der Waals surface area contributed by atoms with E-state index >= 15 is 0 Å². The van der Waals surface area contributed by atoms with E-state index in [9.17, 15) is 19.8 Å². The number of carbonyl (C=O) groups excluding carboxylic acids is 2. The molecule has 6 heteroatoms. The van der Waals surface area contributed by atoms with Crippen LogP contribution in [0.1, 0.15) is 31.8 Å². The maximum Gasteiger partial charge on any atom is 0.255 e. The van der Waals surface area contributed by atoms with E-state index in [1.807, 2.05) is 26.0 Å². The SMILES string of the molecule is Cc1cccc(C(=O)NCCNC(=O)c2cccc(O)c2O)c1C. The Kier molecular flexibility index (Phi) is 5.42. The zero-order valence-electron chi connectivity index (χ0n) is 13.6. The van der Waals surface area contributed by atoms with Crippen molar-refractivity contribution in [3.8, 4) is 11.5 Å². The average Bonchev–Trinajstić information content (AvgIpc) is 2.56. The molecule has 4 N–H and O–H groups in total. The third-order valence-corrected chi connectivity index (χ3v) is 3.80. The number of aromatic hydroxyl groups is 2. The largest absolute Gasteiger partial charge is 0.504 e. The molecule has 126 valence electrons. The molecule has 0 aliphatic rings. The molecule has 6 nitrogen and oxygen atoms in total. The summed E-state index contributed by atoms with van der Waals surface area (Å²) in [6.45, 7) is 4.27. The second-order valence-corrected chi connectivity index (χ2v) is 5.43. The standard InChI is InChI=1S/C18H20N2O4/c1-11-5-3-6-13(12(11)2)17(23)19-9-10-20-18(24)14-7-4-8-15(21)16(14)22/h3-8,21-22H,9-10H2,1-2H3,(H,19,23)(H,20,24). The van der Waals surface area contributed by atoms with Gasteiger partial charge in [0.05, 0.1) is 5.56 Å². The van der Waals surface area contributed by atoms with Crippen LogP contribution in [0.5, 0.6) is 11.5 Å². The topological polar surface area (TPSA) is 98.7 Å². The normalized spacial score (nSPS) is 10.2. The van der Waals surface area contributed by atoms with Gasteiger partial charge < -0.3 is 20.8 Å². The van der Waals surface area contributed by atoms with Crippen LogP contribution in [0.4, 0.5) is 0 Å². The van der Waals surface area contributed by atoms with Crippen molar-refractivity contribution in [3.05, 3.63) is 58.7 Å². The molecule has 0 atom stereocenters. The molecule has 2 aromatic carbocycles. The number of phenolic OH excluding ortho intramolecular Hbond substituents is 2. The van der Waals surface area contributed by atoms with Gasteiger partial charge in [-0.15, -0.1) is 0 Å². The van der Waals surface area contributed by atoms with Crippen LogP contribution in [0, 0.1) is 13.8 Å². The van der Waals surface area contributed by atoms with Crippen LogP contribution in [0.15, 0.2) is 36.4 Å². The molecule has 0 aliphatic carbocycles. The number of amides is 2. The predicted molar refractivity (Wildman–Crippen MR) is 90.4 cm³/mol. The molecular weight excluding hydrogens is 308 g/mol. The Morgan fingerprint density at radius 1 is 0.875 bits per heavy atom. The molecule has 0 bridgehead atoms. The van der Waals surface area contributed by atoms with E-state index in [0.29, 0.717) is 5.56 Å². The van der Waals surface area contributed by atoms with E-state index in [4.69, 9.17) is 0 Å². The van der Waals surface area contributed by atoms with E-state index < -0.39 is 11.7 Å². The minimum Gasteiger partial charge on any atom is -0.504 e. The van der Waals surface area contributed by atoms with Crippen molar-refractivity contribution in [1.29, 1.82) is 0 Å². The number of aryl methyl sites for hydroxylation is 1. The lowest BCUT2D eigenvalue weighted by molar-refractivity contribution is 0.0925. The van der Waals surface area contributed by atoms with Gasteiger partial charge in [0, 0.05) is 18.7 Å². The summed E-state index contributed by atoms with van der Waals surface area (Å²) in [6.07, 6.45) is 0. The molecule has 0 saturated heterocycles. The molecule has 0 unspecified atom stereocenters. The number of hydrogen-bond donors (Lipinski definition) is 4. The Balaban J connectivity index is 1.86. The van der Waals surface area contributed by atoms with Crippen molar-refractivity contribution < 1.29 is 19.8 Å². The lowest BCUT2D eigenvalue weighted by Gasteiger charge is -2.11. The fourth-order valence-corrected chi connectivity index (χ4v) is 2.25. The number of para-hydroxylation sites is 1. The third kappa shape index (κ3) is 3.84. The van der Waals surface area contributed by atoms with Crippen LogP contribution in [0.25, 0.3) is 0 Å². The van der Waals surface area contributed by atoms with Crippen LogP contribution in [0.3, 0.4) is 0 Å². The second kappa shape index (κ2) is 7.50. The number of hydrogen-bond acceptors (Lipinski definition) is 4. The Bertz CT molecular complexity index is 706. The molecule has 0 heterocycles. The number of carbonyl (C=O) groups is 2. The first-order valence-electron chi connectivity index (χ1n) is 7.55. The number of phenols is 2. The van der Waals surface area contributed by atoms with Gasteiger partial charge in [0.15, 0.2) is 11.5 Å². The molecule has 0 aromatic heterocycles. The lowest BCUT2D eigenvalue weighted by Crippen LogP contribution is -2.35. The Morgan fingerprint density at radius 3 is 2.08 bits per heavy atom. The fraction of sp³-hybridized carbons (Fsp3) is 0.222. The summed E-state index contributed by atoms with van der Waals surface area (Å²) in [5.41, 5.74) is 2.54. The number of nitrogens with one attached hydrogen (secondary N) is 2. The molecule has 24 heavy (non-hydrogen) atoms. The summed E-state index contributed by atoms with van der Waals surface area (Å²) in [4.78, 5) is 24.1. The van der Waals surface area contributed by atoms with E-state index in [1.54, 1.807) is 6.07 Å². The molecule has 2 rings (SSSR count). The first kappa shape index (κ1) is 17.3. The minimum atomic E-state index is -0.524. The molecule has 0 fully saturated rings. The molecular formula is C18H20N2O4.